The zero-order valence-corrected chi connectivity index (χ0v) is 13.1. The molecule has 120 valence electrons. The quantitative estimate of drug-likeness (QED) is 0.784. The van der Waals surface area contributed by atoms with Crippen molar-refractivity contribution in [2.45, 2.75) is 32.0 Å². The monoisotopic (exact) mass is 310 g/mol. The third-order valence-electron chi connectivity index (χ3n) is 3.21. The van der Waals surface area contributed by atoms with E-state index in [0.717, 1.165) is 0 Å². The van der Waals surface area contributed by atoms with Gasteiger partial charge in [-0.1, -0.05) is 6.07 Å². The molecule has 0 aliphatic carbocycles. The summed E-state index contributed by atoms with van der Waals surface area (Å²) in [6.07, 6.45) is 0.749. The second kappa shape index (κ2) is 5.55. The molecule has 1 saturated heterocycles. The lowest BCUT2D eigenvalue weighted by Gasteiger charge is -2.44. The van der Waals surface area contributed by atoms with Gasteiger partial charge in [-0.15, -0.1) is 0 Å². The van der Waals surface area contributed by atoms with Gasteiger partial charge in [-0.05, 0) is 26.8 Å². The van der Waals surface area contributed by atoms with E-state index < -0.39 is 23.3 Å². The normalized spacial score (nSPS) is 16.7. The number of hydrogen-bond donors (Lipinski definition) is 0. The molecular weight excluding hydrogens is 291 g/mol. The summed E-state index contributed by atoms with van der Waals surface area (Å²) >= 11 is 0. The number of methoxy groups -OCH3 is 1. The highest BCUT2D eigenvalue weighted by molar-refractivity contribution is 5.87. The number of carbonyl (C=O) groups is 2. The number of amides is 1. The second-order valence-electron chi connectivity index (χ2n) is 6.23. The standard InChI is InChI=1S/C15H19FN2O4/c1-14(2,3)22-13(20)18-8-15(16,9-18)10-5-6-11(17-7-10)12(19)21-4/h5-7H,8-9H2,1-4H3. The molecule has 22 heavy (non-hydrogen) atoms. The smallest absolute Gasteiger partial charge is 0.410 e. The fourth-order valence-electron chi connectivity index (χ4n) is 2.08. The number of pyridine rings is 1. The predicted octanol–water partition coefficient (Wildman–Crippen LogP) is 2.28. The van der Waals surface area contributed by atoms with Crippen LogP contribution in [-0.4, -0.2) is 47.7 Å². The number of esters is 1. The maximum atomic E-state index is 14.7. The lowest BCUT2D eigenvalue weighted by molar-refractivity contribution is -0.0539. The predicted molar refractivity (Wildman–Crippen MR) is 76.2 cm³/mol. The number of nitrogens with zero attached hydrogens (tertiary/aromatic N) is 2. The summed E-state index contributed by atoms with van der Waals surface area (Å²) in [5.74, 6) is -0.580. The molecule has 0 unspecified atom stereocenters. The maximum absolute atomic E-state index is 14.7. The summed E-state index contributed by atoms with van der Waals surface area (Å²) < 4.78 is 24.4. The number of aromatic nitrogens is 1. The second-order valence-corrected chi connectivity index (χ2v) is 6.23. The van der Waals surface area contributed by atoms with Crippen molar-refractivity contribution in [3.8, 4) is 0 Å². The van der Waals surface area contributed by atoms with Crippen LogP contribution in [-0.2, 0) is 15.1 Å². The van der Waals surface area contributed by atoms with E-state index in [0.29, 0.717) is 5.56 Å². The Hall–Kier alpha value is -2.18. The lowest BCUT2D eigenvalue weighted by atomic mass is 9.89. The molecule has 0 bridgehead atoms. The summed E-state index contributed by atoms with van der Waals surface area (Å²) in [5.41, 5.74) is -1.85. The van der Waals surface area contributed by atoms with Crippen LogP contribution in [0.4, 0.5) is 9.18 Å². The fraction of sp³-hybridized carbons (Fsp3) is 0.533. The Bertz CT molecular complexity index is 574. The summed E-state index contributed by atoms with van der Waals surface area (Å²) in [4.78, 5) is 28.3. The van der Waals surface area contributed by atoms with Gasteiger partial charge in [0.05, 0.1) is 20.2 Å². The molecule has 1 aliphatic rings. The summed E-state index contributed by atoms with van der Waals surface area (Å²) in [6.45, 7) is 5.07. The first kappa shape index (κ1) is 16.2. The van der Waals surface area contributed by atoms with Crippen molar-refractivity contribution < 1.29 is 23.5 Å². The molecule has 2 heterocycles. The SMILES string of the molecule is COC(=O)c1ccc(C2(F)CN(C(=O)OC(C)(C)C)C2)cn1. The van der Waals surface area contributed by atoms with Crippen molar-refractivity contribution in [2.75, 3.05) is 20.2 Å². The van der Waals surface area contributed by atoms with Gasteiger partial charge in [-0.3, -0.25) is 0 Å². The van der Waals surface area contributed by atoms with Crippen LogP contribution in [0.3, 0.4) is 0 Å². The largest absolute Gasteiger partial charge is 0.464 e. The van der Waals surface area contributed by atoms with Gasteiger partial charge in [-0.25, -0.2) is 19.0 Å². The fourth-order valence-corrected chi connectivity index (χ4v) is 2.08. The molecule has 1 amide bonds. The molecular formula is C15H19FN2O4. The molecule has 1 aliphatic heterocycles. The van der Waals surface area contributed by atoms with Gasteiger partial charge in [0, 0.05) is 11.8 Å². The van der Waals surface area contributed by atoms with Crippen LogP contribution in [0, 0.1) is 0 Å². The highest BCUT2D eigenvalue weighted by Crippen LogP contribution is 2.36. The van der Waals surface area contributed by atoms with Gasteiger partial charge >= 0.3 is 12.1 Å². The van der Waals surface area contributed by atoms with Crippen LogP contribution in [0.2, 0.25) is 0 Å². The lowest BCUT2D eigenvalue weighted by Crippen LogP contribution is -2.59. The third-order valence-corrected chi connectivity index (χ3v) is 3.21. The topological polar surface area (TPSA) is 68.7 Å². The van der Waals surface area contributed by atoms with E-state index >= 15 is 0 Å². The Balaban J connectivity index is 2.00. The first-order valence-corrected chi connectivity index (χ1v) is 6.86. The van der Waals surface area contributed by atoms with E-state index in [1.807, 2.05) is 0 Å². The molecule has 2 rings (SSSR count). The van der Waals surface area contributed by atoms with Crippen molar-refractivity contribution in [2.24, 2.45) is 0 Å². The van der Waals surface area contributed by atoms with E-state index in [1.54, 1.807) is 20.8 Å². The van der Waals surface area contributed by atoms with Gasteiger partial charge in [0.25, 0.3) is 0 Å². The van der Waals surface area contributed by atoms with Crippen molar-refractivity contribution in [1.82, 2.24) is 9.88 Å². The number of hydrogen-bond acceptors (Lipinski definition) is 5. The van der Waals surface area contributed by atoms with Crippen molar-refractivity contribution >= 4 is 12.1 Å². The molecule has 7 heteroatoms. The number of rotatable bonds is 2. The van der Waals surface area contributed by atoms with Crippen LogP contribution in [0.5, 0.6) is 0 Å². The van der Waals surface area contributed by atoms with Crippen LogP contribution in [0.1, 0.15) is 36.8 Å². The molecule has 0 N–H and O–H groups in total. The minimum absolute atomic E-state index is 0.0961. The number of ether oxygens (including phenoxy) is 2. The molecule has 1 fully saturated rings. The van der Waals surface area contributed by atoms with Crippen LogP contribution in [0.25, 0.3) is 0 Å². The van der Waals surface area contributed by atoms with E-state index in [9.17, 15) is 14.0 Å². The highest BCUT2D eigenvalue weighted by Gasteiger charge is 2.48. The summed E-state index contributed by atoms with van der Waals surface area (Å²) in [6, 6.07) is 2.88. The summed E-state index contributed by atoms with van der Waals surface area (Å²) in [7, 11) is 1.25. The Kier molecular flexibility index (Phi) is 4.08. The Morgan fingerprint density at radius 2 is 1.95 bits per heavy atom. The van der Waals surface area contributed by atoms with E-state index in [1.165, 1.54) is 30.3 Å². The molecule has 0 aromatic carbocycles. The Morgan fingerprint density at radius 3 is 2.41 bits per heavy atom. The maximum Gasteiger partial charge on any atom is 0.410 e. The average molecular weight is 310 g/mol. The Morgan fingerprint density at radius 1 is 1.32 bits per heavy atom. The molecule has 0 spiro atoms. The van der Waals surface area contributed by atoms with Crippen molar-refractivity contribution in [3.63, 3.8) is 0 Å². The average Bonchev–Trinajstić information content (AvgIpc) is 2.41. The van der Waals surface area contributed by atoms with Gasteiger partial charge in [-0.2, -0.15) is 0 Å². The zero-order chi connectivity index (χ0) is 16.5. The minimum Gasteiger partial charge on any atom is -0.464 e. The van der Waals surface area contributed by atoms with Crippen LogP contribution < -0.4 is 0 Å². The molecule has 6 nitrogen and oxygen atoms in total. The van der Waals surface area contributed by atoms with Crippen molar-refractivity contribution in [1.29, 1.82) is 0 Å². The highest BCUT2D eigenvalue weighted by atomic mass is 19.1. The Labute approximate surface area is 128 Å². The number of carbonyl (C=O) groups excluding carboxylic acids is 2. The third kappa shape index (κ3) is 3.35. The zero-order valence-electron chi connectivity index (χ0n) is 13.1. The molecule has 1 aromatic rings. The first-order chi connectivity index (χ1) is 10.1. The minimum atomic E-state index is -1.67. The van der Waals surface area contributed by atoms with Crippen LogP contribution >= 0.6 is 0 Å². The number of halogens is 1. The van der Waals surface area contributed by atoms with E-state index in [4.69, 9.17) is 4.74 Å². The van der Waals surface area contributed by atoms with Gasteiger partial charge < -0.3 is 14.4 Å². The summed E-state index contributed by atoms with van der Waals surface area (Å²) in [5, 5.41) is 0. The molecule has 0 atom stereocenters. The van der Waals surface area contributed by atoms with Crippen molar-refractivity contribution in [3.05, 3.63) is 29.6 Å². The van der Waals surface area contributed by atoms with E-state index in [2.05, 4.69) is 9.72 Å². The molecule has 0 saturated carbocycles. The molecule has 0 radical (unpaired) electrons. The van der Waals surface area contributed by atoms with Gasteiger partial charge in [0.2, 0.25) is 0 Å². The number of likely N-dealkylation sites (tertiary alicyclic amines) is 1. The van der Waals surface area contributed by atoms with Gasteiger partial charge in [0.15, 0.2) is 5.67 Å². The van der Waals surface area contributed by atoms with Gasteiger partial charge in [0.1, 0.15) is 11.3 Å². The molecule has 1 aromatic heterocycles. The number of alkyl halides is 1. The van der Waals surface area contributed by atoms with Crippen LogP contribution in [0.15, 0.2) is 18.3 Å². The first-order valence-electron chi connectivity index (χ1n) is 6.86. The van der Waals surface area contributed by atoms with E-state index in [-0.39, 0.29) is 18.8 Å².